The van der Waals surface area contributed by atoms with Crippen LogP contribution in [0.15, 0.2) is 27.1 Å². The highest BCUT2D eigenvalue weighted by atomic mass is 79.9. The van der Waals surface area contributed by atoms with Crippen molar-refractivity contribution in [1.29, 1.82) is 0 Å². The van der Waals surface area contributed by atoms with Gasteiger partial charge in [-0.05, 0) is 31.0 Å². The number of benzene rings is 1. The summed E-state index contributed by atoms with van der Waals surface area (Å²) >= 11 is 6.81. The minimum absolute atomic E-state index is 0.0236. The first-order valence-corrected chi connectivity index (χ1v) is 8.67. The van der Waals surface area contributed by atoms with Crippen molar-refractivity contribution in [2.75, 3.05) is 26.2 Å². The summed E-state index contributed by atoms with van der Waals surface area (Å²) in [6.45, 7) is 2.52. The first kappa shape index (κ1) is 15.0. The number of halogens is 2. The van der Waals surface area contributed by atoms with E-state index in [9.17, 15) is 9.59 Å². The van der Waals surface area contributed by atoms with Crippen LogP contribution in [0.25, 0.3) is 0 Å². The summed E-state index contributed by atoms with van der Waals surface area (Å²) in [6, 6.07) is 5.56. The fraction of sp³-hybridized carbons (Fsp3) is 0.467. The molecule has 21 heavy (non-hydrogen) atoms. The Kier molecular flexibility index (Phi) is 4.36. The van der Waals surface area contributed by atoms with Gasteiger partial charge in [-0.15, -0.1) is 0 Å². The Hall–Kier alpha value is -0.880. The number of nitrogens with zero attached hydrogens (tertiary/aromatic N) is 2. The van der Waals surface area contributed by atoms with Crippen LogP contribution in [0.5, 0.6) is 0 Å². The maximum atomic E-state index is 12.5. The lowest BCUT2D eigenvalue weighted by Gasteiger charge is -2.35. The molecular formula is C15H16Br2N2O2. The highest BCUT2D eigenvalue weighted by Crippen LogP contribution is 2.31. The SMILES string of the molecule is O=C(c1cc(Br)cc(Br)c1)N1CCN(C(=O)C2CC2)CC1. The molecule has 0 aromatic heterocycles. The first-order valence-electron chi connectivity index (χ1n) is 7.09. The number of carbonyl (C=O) groups excluding carboxylic acids is 2. The van der Waals surface area contributed by atoms with Gasteiger partial charge in [-0.1, -0.05) is 31.9 Å². The van der Waals surface area contributed by atoms with E-state index in [1.807, 2.05) is 28.0 Å². The molecule has 3 rings (SSSR count). The van der Waals surface area contributed by atoms with Gasteiger partial charge in [0, 0.05) is 46.6 Å². The Morgan fingerprint density at radius 2 is 1.43 bits per heavy atom. The smallest absolute Gasteiger partial charge is 0.254 e. The van der Waals surface area contributed by atoms with Crippen molar-refractivity contribution in [1.82, 2.24) is 9.80 Å². The second-order valence-corrected chi connectivity index (χ2v) is 7.38. The normalized spacial score (nSPS) is 18.8. The Balaban J connectivity index is 1.63. The first-order chi connectivity index (χ1) is 10.0. The van der Waals surface area contributed by atoms with Crippen molar-refractivity contribution < 1.29 is 9.59 Å². The number of amides is 2. The summed E-state index contributed by atoms with van der Waals surface area (Å²) in [6.07, 6.45) is 2.06. The summed E-state index contributed by atoms with van der Waals surface area (Å²) in [5.74, 6) is 0.552. The van der Waals surface area contributed by atoms with E-state index < -0.39 is 0 Å². The summed E-state index contributed by atoms with van der Waals surface area (Å²) in [5.41, 5.74) is 0.665. The van der Waals surface area contributed by atoms with E-state index in [-0.39, 0.29) is 17.7 Å². The van der Waals surface area contributed by atoms with E-state index in [2.05, 4.69) is 31.9 Å². The van der Waals surface area contributed by atoms with Gasteiger partial charge in [-0.25, -0.2) is 0 Å². The van der Waals surface area contributed by atoms with Crippen LogP contribution in [0.4, 0.5) is 0 Å². The molecular weight excluding hydrogens is 400 g/mol. The van der Waals surface area contributed by atoms with Gasteiger partial charge in [0.15, 0.2) is 0 Å². The lowest BCUT2D eigenvalue weighted by atomic mass is 10.2. The van der Waals surface area contributed by atoms with Crippen molar-refractivity contribution in [3.05, 3.63) is 32.7 Å². The third kappa shape index (κ3) is 3.48. The molecule has 0 atom stereocenters. The lowest BCUT2D eigenvalue weighted by molar-refractivity contribution is -0.134. The number of hydrogen-bond donors (Lipinski definition) is 0. The third-order valence-corrected chi connectivity index (χ3v) is 4.83. The Morgan fingerprint density at radius 1 is 0.905 bits per heavy atom. The standard InChI is InChI=1S/C15H16Br2N2O2/c16-12-7-11(8-13(17)9-12)15(21)19-5-3-18(4-6-19)14(20)10-1-2-10/h7-10H,1-6H2. The highest BCUT2D eigenvalue weighted by Gasteiger charge is 2.35. The van der Waals surface area contributed by atoms with Crippen LogP contribution in [-0.2, 0) is 4.79 Å². The molecule has 1 aromatic carbocycles. The van der Waals surface area contributed by atoms with Crippen LogP contribution >= 0.6 is 31.9 Å². The number of rotatable bonds is 2. The number of piperazine rings is 1. The van der Waals surface area contributed by atoms with Crippen molar-refractivity contribution in [2.45, 2.75) is 12.8 Å². The Morgan fingerprint density at radius 3 is 1.95 bits per heavy atom. The second-order valence-electron chi connectivity index (χ2n) is 5.55. The van der Waals surface area contributed by atoms with E-state index >= 15 is 0 Å². The van der Waals surface area contributed by atoms with Crippen LogP contribution in [0.3, 0.4) is 0 Å². The minimum Gasteiger partial charge on any atom is -0.339 e. The molecule has 2 amide bonds. The zero-order valence-electron chi connectivity index (χ0n) is 11.5. The van der Waals surface area contributed by atoms with Crippen LogP contribution in [0.2, 0.25) is 0 Å². The van der Waals surface area contributed by atoms with Crippen molar-refractivity contribution >= 4 is 43.7 Å². The molecule has 1 aliphatic heterocycles. The molecule has 0 bridgehead atoms. The number of carbonyl (C=O) groups is 2. The highest BCUT2D eigenvalue weighted by molar-refractivity contribution is 9.11. The van der Waals surface area contributed by atoms with Crippen LogP contribution in [0.1, 0.15) is 23.2 Å². The molecule has 0 radical (unpaired) electrons. The summed E-state index contributed by atoms with van der Waals surface area (Å²) in [5, 5.41) is 0. The van der Waals surface area contributed by atoms with Gasteiger partial charge in [0.2, 0.25) is 5.91 Å². The van der Waals surface area contributed by atoms with Gasteiger partial charge in [-0.2, -0.15) is 0 Å². The summed E-state index contributed by atoms with van der Waals surface area (Å²) in [7, 11) is 0. The van der Waals surface area contributed by atoms with Gasteiger partial charge in [0.25, 0.3) is 5.91 Å². The zero-order chi connectivity index (χ0) is 15.0. The van der Waals surface area contributed by atoms with Crippen LogP contribution < -0.4 is 0 Å². The summed E-state index contributed by atoms with van der Waals surface area (Å²) in [4.78, 5) is 28.2. The molecule has 1 heterocycles. The number of hydrogen-bond acceptors (Lipinski definition) is 2. The molecule has 1 aliphatic carbocycles. The summed E-state index contributed by atoms with van der Waals surface area (Å²) < 4.78 is 1.76. The lowest BCUT2D eigenvalue weighted by Crippen LogP contribution is -2.51. The van der Waals surface area contributed by atoms with Gasteiger partial charge < -0.3 is 9.80 Å². The van der Waals surface area contributed by atoms with E-state index in [1.54, 1.807) is 0 Å². The average Bonchev–Trinajstić information content (AvgIpc) is 3.29. The minimum atomic E-state index is 0.0236. The fourth-order valence-electron chi connectivity index (χ4n) is 2.58. The molecule has 112 valence electrons. The zero-order valence-corrected chi connectivity index (χ0v) is 14.7. The van der Waals surface area contributed by atoms with Gasteiger partial charge in [0.05, 0.1) is 0 Å². The molecule has 1 saturated heterocycles. The largest absolute Gasteiger partial charge is 0.339 e. The van der Waals surface area contributed by atoms with E-state index in [1.165, 1.54) is 0 Å². The molecule has 0 unspecified atom stereocenters. The van der Waals surface area contributed by atoms with Crippen molar-refractivity contribution in [3.63, 3.8) is 0 Å². The van der Waals surface area contributed by atoms with Crippen LogP contribution in [-0.4, -0.2) is 47.8 Å². The third-order valence-electron chi connectivity index (χ3n) is 3.91. The predicted molar refractivity (Wildman–Crippen MR) is 87.0 cm³/mol. The maximum absolute atomic E-state index is 12.5. The Bertz CT molecular complexity index is 559. The molecule has 0 N–H and O–H groups in total. The maximum Gasteiger partial charge on any atom is 0.254 e. The van der Waals surface area contributed by atoms with Crippen molar-refractivity contribution in [3.8, 4) is 0 Å². The second kappa shape index (κ2) is 6.08. The van der Waals surface area contributed by atoms with E-state index in [0.717, 1.165) is 21.8 Å². The molecule has 2 fully saturated rings. The van der Waals surface area contributed by atoms with Gasteiger partial charge in [-0.3, -0.25) is 9.59 Å². The monoisotopic (exact) mass is 414 g/mol. The molecule has 0 spiro atoms. The van der Waals surface area contributed by atoms with Crippen molar-refractivity contribution in [2.24, 2.45) is 5.92 Å². The molecule has 4 nitrogen and oxygen atoms in total. The van der Waals surface area contributed by atoms with E-state index in [0.29, 0.717) is 31.7 Å². The van der Waals surface area contributed by atoms with Gasteiger partial charge >= 0.3 is 0 Å². The topological polar surface area (TPSA) is 40.6 Å². The van der Waals surface area contributed by atoms with Crippen LogP contribution in [0, 0.1) is 5.92 Å². The quantitative estimate of drug-likeness (QED) is 0.745. The molecule has 2 aliphatic rings. The fourth-order valence-corrected chi connectivity index (χ4v) is 3.87. The Labute approximate surface area is 140 Å². The molecule has 6 heteroatoms. The predicted octanol–water partition coefficient (Wildman–Crippen LogP) is 2.91. The molecule has 1 aromatic rings. The van der Waals surface area contributed by atoms with Gasteiger partial charge in [0.1, 0.15) is 0 Å². The van der Waals surface area contributed by atoms with E-state index in [4.69, 9.17) is 0 Å². The average molecular weight is 416 g/mol. The molecule has 1 saturated carbocycles.